The zero-order chi connectivity index (χ0) is 16.4. The molecule has 0 amide bonds. The predicted octanol–water partition coefficient (Wildman–Crippen LogP) is -2.32. The zero-order valence-corrected chi connectivity index (χ0v) is 14.2. The molecule has 11 heteroatoms. The summed E-state index contributed by atoms with van der Waals surface area (Å²) in [6, 6.07) is 0. The van der Waals surface area contributed by atoms with Gasteiger partial charge in [0.15, 0.2) is 0 Å². The Morgan fingerprint density at radius 3 is 1.00 bits per heavy atom. The van der Waals surface area contributed by atoms with Gasteiger partial charge in [0.2, 0.25) is 0 Å². The predicted molar refractivity (Wildman–Crippen MR) is 71.9 cm³/mol. The van der Waals surface area contributed by atoms with Gasteiger partial charge >= 0.3 is 21.0 Å². The van der Waals surface area contributed by atoms with Crippen molar-refractivity contribution in [3.63, 3.8) is 0 Å². The van der Waals surface area contributed by atoms with E-state index in [2.05, 4.69) is 21.3 Å². The molecule has 1 aliphatic rings. The monoisotopic (exact) mass is 363 g/mol. The van der Waals surface area contributed by atoms with E-state index in [-0.39, 0.29) is 0 Å². The van der Waals surface area contributed by atoms with Crippen molar-refractivity contribution in [2.75, 3.05) is 52.4 Å². The third-order valence-electron chi connectivity index (χ3n) is 2.37. The summed E-state index contributed by atoms with van der Waals surface area (Å²) in [7, 11) is -5.17. The quantitative estimate of drug-likeness (QED) is 0.275. The number of rotatable bonds is 0. The first-order chi connectivity index (χ1) is 10.0. The first-order valence-electron chi connectivity index (χ1n) is 6.68. The first-order valence-corrected chi connectivity index (χ1v) is 8.58. The molecule has 1 heterocycles. The molecule has 0 atom stereocenters. The summed E-state index contributed by atoms with van der Waals surface area (Å²) in [4.78, 5) is 0. The summed E-state index contributed by atoms with van der Waals surface area (Å²) in [6.45, 7) is 8.87. The SMILES string of the molecule is C1CNCCNCCCNCCNC1.O=S(=O)([O-])[O-].[O]=[V+2]. The summed E-state index contributed by atoms with van der Waals surface area (Å²) < 4.78 is 42.3. The fourth-order valence-corrected chi connectivity index (χ4v) is 1.53. The van der Waals surface area contributed by atoms with E-state index >= 15 is 0 Å². The van der Waals surface area contributed by atoms with Gasteiger partial charge in [0.1, 0.15) is 0 Å². The molecule has 0 radical (unpaired) electrons. The molecule has 0 aromatic rings. The van der Waals surface area contributed by atoms with Crippen LogP contribution in [0.15, 0.2) is 0 Å². The molecule has 0 aromatic heterocycles. The molecule has 21 heavy (non-hydrogen) atoms. The Labute approximate surface area is 135 Å². The van der Waals surface area contributed by atoms with Crippen LogP contribution in [0.5, 0.6) is 0 Å². The van der Waals surface area contributed by atoms with Gasteiger partial charge in [-0.15, -0.1) is 0 Å². The van der Waals surface area contributed by atoms with Gasteiger partial charge in [-0.25, -0.2) is 0 Å². The molecule has 0 spiro atoms. The molecule has 0 aliphatic carbocycles. The van der Waals surface area contributed by atoms with Crippen molar-refractivity contribution < 1.29 is 38.6 Å². The van der Waals surface area contributed by atoms with Crippen molar-refractivity contribution in [2.24, 2.45) is 0 Å². The molecule has 1 fully saturated rings. The summed E-state index contributed by atoms with van der Waals surface area (Å²) in [5.74, 6) is 0. The molecule has 0 aromatic carbocycles. The maximum atomic E-state index is 8.52. The van der Waals surface area contributed by atoms with E-state index in [1.165, 1.54) is 12.8 Å². The van der Waals surface area contributed by atoms with E-state index in [4.69, 9.17) is 21.2 Å². The maximum absolute atomic E-state index is 8.52. The summed E-state index contributed by atoms with van der Waals surface area (Å²) in [5, 5.41) is 13.7. The van der Waals surface area contributed by atoms with Crippen LogP contribution in [0.1, 0.15) is 12.8 Å². The van der Waals surface area contributed by atoms with E-state index in [1.807, 2.05) is 0 Å². The van der Waals surface area contributed by atoms with E-state index in [1.54, 1.807) is 0 Å². The number of hydrogen-bond donors (Lipinski definition) is 4. The van der Waals surface area contributed by atoms with E-state index in [0.717, 1.165) is 69.7 Å². The zero-order valence-electron chi connectivity index (χ0n) is 12.0. The molecule has 0 unspecified atom stereocenters. The Bertz CT molecular complexity index is 247. The molecule has 1 rings (SSSR count). The molecule has 9 nitrogen and oxygen atoms in total. The third kappa shape index (κ3) is 33.1. The van der Waals surface area contributed by atoms with Crippen molar-refractivity contribution >= 4 is 10.4 Å². The molecular weight excluding hydrogens is 339 g/mol. The molecule has 1 saturated heterocycles. The Morgan fingerprint density at radius 2 is 0.810 bits per heavy atom. The van der Waals surface area contributed by atoms with Gasteiger partial charge in [0.25, 0.3) is 0 Å². The van der Waals surface area contributed by atoms with E-state index in [9.17, 15) is 0 Å². The summed E-state index contributed by atoms with van der Waals surface area (Å²) in [6.07, 6.45) is 2.44. The van der Waals surface area contributed by atoms with Gasteiger partial charge in [0.05, 0.1) is 0 Å². The van der Waals surface area contributed by atoms with Crippen molar-refractivity contribution in [1.82, 2.24) is 21.3 Å². The second-order valence-corrected chi connectivity index (χ2v) is 4.93. The van der Waals surface area contributed by atoms with Crippen LogP contribution in [0, 0.1) is 0 Å². The normalized spacial score (nSPS) is 19.0. The fourth-order valence-electron chi connectivity index (χ4n) is 1.53. The van der Waals surface area contributed by atoms with Gasteiger partial charge in [-0.2, -0.15) is 0 Å². The van der Waals surface area contributed by atoms with Crippen LogP contribution in [0.3, 0.4) is 0 Å². The van der Waals surface area contributed by atoms with Crippen molar-refractivity contribution in [2.45, 2.75) is 12.8 Å². The fraction of sp³-hybridized carbons (Fsp3) is 1.00. The van der Waals surface area contributed by atoms with Crippen LogP contribution < -0.4 is 21.3 Å². The van der Waals surface area contributed by atoms with Crippen LogP contribution >= 0.6 is 0 Å². The van der Waals surface area contributed by atoms with Crippen LogP contribution in [0.4, 0.5) is 0 Å². The Balaban J connectivity index is 0. The molecule has 0 saturated carbocycles. The minimum absolute atomic E-state index is 1.06. The van der Waals surface area contributed by atoms with E-state index in [0.29, 0.717) is 0 Å². The Kier molecular flexibility index (Phi) is 20.2. The third-order valence-corrected chi connectivity index (χ3v) is 2.37. The van der Waals surface area contributed by atoms with Gasteiger partial charge in [0, 0.05) is 36.6 Å². The molecule has 1 aliphatic heterocycles. The summed E-state index contributed by atoms with van der Waals surface area (Å²) in [5.41, 5.74) is 0. The second-order valence-electron chi connectivity index (χ2n) is 4.12. The van der Waals surface area contributed by atoms with Crippen molar-refractivity contribution in [3.05, 3.63) is 0 Å². The van der Waals surface area contributed by atoms with Crippen LogP contribution in [0.25, 0.3) is 0 Å². The molecule has 0 bridgehead atoms. The standard InChI is InChI=1S/C10H24N4.H2O4S.O.V/c1-3-11-7-9-13-5-2-6-14-10-8-12-4-1;1-5(2,3)4;;/h11-14H,1-10H2;(H2,1,2,3,4);;/q;;;+2/p-2. The van der Waals surface area contributed by atoms with Gasteiger partial charge in [-0.05, 0) is 39.0 Å². The van der Waals surface area contributed by atoms with Crippen molar-refractivity contribution in [3.8, 4) is 0 Å². The average molecular weight is 363 g/mol. The van der Waals surface area contributed by atoms with Crippen molar-refractivity contribution in [1.29, 1.82) is 0 Å². The first kappa shape index (κ1) is 23.4. The molecular formula is C10H24N4O5SV. The van der Waals surface area contributed by atoms with Crippen LogP contribution in [-0.4, -0.2) is 69.9 Å². The summed E-state index contributed by atoms with van der Waals surface area (Å²) >= 11 is 1.06. The van der Waals surface area contributed by atoms with Crippen LogP contribution in [-0.2, 0) is 31.4 Å². The minimum atomic E-state index is -5.17. The average Bonchev–Trinajstić information content (AvgIpc) is 2.42. The Hall–Kier alpha value is 0.0944. The second kappa shape index (κ2) is 18.1. The van der Waals surface area contributed by atoms with Gasteiger partial charge < -0.3 is 30.4 Å². The Morgan fingerprint density at radius 1 is 0.619 bits per heavy atom. The van der Waals surface area contributed by atoms with Gasteiger partial charge in [-0.3, -0.25) is 8.42 Å². The number of hydrogen-bond acceptors (Lipinski definition) is 9. The van der Waals surface area contributed by atoms with E-state index < -0.39 is 10.4 Å². The molecule has 125 valence electrons. The van der Waals surface area contributed by atoms with Crippen LogP contribution in [0.2, 0.25) is 0 Å². The number of nitrogens with one attached hydrogen (secondary N) is 4. The molecule has 4 N–H and O–H groups in total. The topological polar surface area (TPSA) is 145 Å². The van der Waals surface area contributed by atoms with Gasteiger partial charge in [-0.1, -0.05) is 0 Å².